The first-order valence-electron chi connectivity index (χ1n) is 10.9. The van der Waals surface area contributed by atoms with Gasteiger partial charge < -0.3 is 15.5 Å². The van der Waals surface area contributed by atoms with Gasteiger partial charge in [0, 0.05) is 32.3 Å². The summed E-state index contributed by atoms with van der Waals surface area (Å²) >= 11 is 0. The standard InChI is InChI=1S/C26H26FN5O2/c1-30(2)22-17-32(29-24(22)19-11-13-20(27)14-12-19)23-10-6-7-15-31(23)21(25(33)26(28)34)16-18-8-4-3-5-9-18/h3-15,17,21,23H,16H2,1-2H3,(H2,28,34). The maximum Gasteiger partial charge on any atom is 0.287 e. The van der Waals surface area contributed by atoms with E-state index in [1.807, 2.05) is 67.7 Å². The van der Waals surface area contributed by atoms with Crippen molar-refractivity contribution in [2.24, 2.45) is 5.73 Å². The topological polar surface area (TPSA) is 84.5 Å². The Hall–Kier alpha value is -4.20. The molecule has 2 atom stereocenters. The zero-order valence-corrected chi connectivity index (χ0v) is 19.0. The van der Waals surface area contributed by atoms with Crippen molar-refractivity contribution in [2.45, 2.75) is 18.6 Å². The van der Waals surface area contributed by atoms with Crippen molar-refractivity contribution in [3.63, 3.8) is 0 Å². The van der Waals surface area contributed by atoms with Gasteiger partial charge in [-0.15, -0.1) is 0 Å². The van der Waals surface area contributed by atoms with Crippen LogP contribution in [-0.4, -0.2) is 46.5 Å². The van der Waals surface area contributed by atoms with Crippen LogP contribution >= 0.6 is 0 Å². The summed E-state index contributed by atoms with van der Waals surface area (Å²) in [7, 11) is 3.80. The Balaban J connectivity index is 1.75. The number of carbonyl (C=O) groups excluding carboxylic acids is 2. The lowest BCUT2D eigenvalue weighted by Gasteiger charge is -2.36. The fourth-order valence-electron chi connectivity index (χ4n) is 4.01. The molecule has 0 radical (unpaired) electrons. The van der Waals surface area contributed by atoms with E-state index in [0.717, 1.165) is 16.8 Å². The van der Waals surface area contributed by atoms with Crippen molar-refractivity contribution in [3.8, 4) is 11.3 Å². The van der Waals surface area contributed by atoms with Crippen molar-refractivity contribution in [2.75, 3.05) is 19.0 Å². The van der Waals surface area contributed by atoms with Gasteiger partial charge in [0.25, 0.3) is 5.91 Å². The van der Waals surface area contributed by atoms with E-state index in [4.69, 9.17) is 10.8 Å². The Bertz CT molecular complexity index is 1230. The molecule has 0 aliphatic carbocycles. The monoisotopic (exact) mass is 459 g/mol. The second-order valence-corrected chi connectivity index (χ2v) is 8.27. The largest absolute Gasteiger partial charge is 0.375 e. The van der Waals surface area contributed by atoms with Gasteiger partial charge in [-0.25, -0.2) is 9.07 Å². The molecule has 1 amide bonds. The fourth-order valence-corrected chi connectivity index (χ4v) is 4.01. The lowest BCUT2D eigenvalue weighted by atomic mass is 9.99. The average Bonchev–Trinajstić information content (AvgIpc) is 3.29. The van der Waals surface area contributed by atoms with Crippen molar-refractivity contribution in [3.05, 3.63) is 96.6 Å². The second-order valence-electron chi connectivity index (χ2n) is 8.27. The minimum Gasteiger partial charge on any atom is -0.375 e. The van der Waals surface area contributed by atoms with Crippen molar-refractivity contribution >= 4 is 17.4 Å². The van der Waals surface area contributed by atoms with E-state index in [1.54, 1.807) is 34.0 Å². The van der Waals surface area contributed by atoms with Crippen LogP contribution in [-0.2, 0) is 16.0 Å². The third kappa shape index (κ3) is 4.76. The first-order valence-corrected chi connectivity index (χ1v) is 10.9. The highest BCUT2D eigenvalue weighted by molar-refractivity contribution is 6.37. The summed E-state index contributed by atoms with van der Waals surface area (Å²) in [6.07, 6.45) is 9.04. The van der Waals surface area contributed by atoms with Gasteiger partial charge in [0.05, 0.1) is 11.9 Å². The molecule has 0 bridgehead atoms. The maximum absolute atomic E-state index is 13.5. The summed E-state index contributed by atoms with van der Waals surface area (Å²) in [5.41, 5.74) is 8.60. The number of anilines is 1. The molecule has 174 valence electrons. The first kappa shape index (κ1) is 23.0. The average molecular weight is 460 g/mol. The smallest absolute Gasteiger partial charge is 0.287 e. The van der Waals surface area contributed by atoms with E-state index in [2.05, 4.69) is 0 Å². The van der Waals surface area contributed by atoms with Gasteiger partial charge in [0.1, 0.15) is 23.7 Å². The number of hydrogen-bond acceptors (Lipinski definition) is 5. The van der Waals surface area contributed by atoms with E-state index in [-0.39, 0.29) is 5.82 Å². The molecule has 34 heavy (non-hydrogen) atoms. The van der Waals surface area contributed by atoms with Crippen LogP contribution in [0.4, 0.5) is 10.1 Å². The second kappa shape index (κ2) is 9.74. The molecule has 1 aliphatic heterocycles. The van der Waals surface area contributed by atoms with Crippen LogP contribution in [0.5, 0.6) is 0 Å². The number of carbonyl (C=O) groups is 2. The molecule has 2 N–H and O–H groups in total. The number of ketones is 1. The van der Waals surface area contributed by atoms with Gasteiger partial charge in [0.2, 0.25) is 5.78 Å². The molecular formula is C26H26FN5O2. The third-order valence-electron chi connectivity index (χ3n) is 5.72. The van der Waals surface area contributed by atoms with Gasteiger partial charge in [0.15, 0.2) is 0 Å². The zero-order valence-electron chi connectivity index (χ0n) is 19.0. The van der Waals surface area contributed by atoms with Crippen LogP contribution in [0.2, 0.25) is 0 Å². The van der Waals surface area contributed by atoms with Crippen LogP contribution in [0.25, 0.3) is 11.3 Å². The molecule has 1 aromatic heterocycles. The highest BCUT2D eigenvalue weighted by atomic mass is 19.1. The Labute approximate surface area is 197 Å². The van der Waals surface area contributed by atoms with Crippen molar-refractivity contribution < 1.29 is 14.0 Å². The predicted molar refractivity (Wildman–Crippen MR) is 129 cm³/mol. The molecule has 2 heterocycles. The number of halogens is 1. The van der Waals surface area contributed by atoms with E-state index in [0.29, 0.717) is 12.1 Å². The number of primary amides is 1. The predicted octanol–water partition coefficient (Wildman–Crippen LogP) is 3.31. The van der Waals surface area contributed by atoms with Crippen molar-refractivity contribution in [1.82, 2.24) is 14.7 Å². The molecule has 0 saturated carbocycles. The Kier molecular flexibility index (Phi) is 6.58. The molecule has 2 aromatic carbocycles. The number of nitrogens with zero attached hydrogens (tertiary/aromatic N) is 4. The highest BCUT2D eigenvalue weighted by Crippen LogP contribution is 2.32. The molecule has 3 aromatic rings. The maximum atomic E-state index is 13.5. The summed E-state index contributed by atoms with van der Waals surface area (Å²) in [6.45, 7) is 0. The number of rotatable bonds is 8. The number of Topliss-reactive ketones (excluding diaryl/α,β-unsaturated/α-hetero) is 1. The molecule has 2 unspecified atom stereocenters. The molecule has 0 fully saturated rings. The minimum atomic E-state index is -0.982. The van der Waals surface area contributed by atoms with Gasteiger partial charge in [-0.2, -0.15) is 5.10 Å². The number of amides is 1. The molecule has 1 aliphatic rings. The SMILES string of the molecule is CN(C)c1cn(C2C=CC=CN2C(Cc2ccccc2)C(=O)C(N)=O)nc1-c1ccc(F)cc1. The number of allylic oxidation sites excluding steroid dienone is 2. The summed E-state index contributed by atoms with van der Waals surface area (Å²) in [5.74, 6) is -1.98. The van der Waals surface area contributed by atoms with E-state index < -0.39 is 23.9 Å². The van der Waals surface area contributed by atoms with Gasteiger partial charge in [-0.05, 0) is 42.0 Å². The summed E-state index contributed by atoms with van der Waals surface area (Å²) in [6, 6.07) is 14.8. The number of nitrogens with two attached hydrogens (primary N) is 1. The van der Waals surface area contributed by atoms with Gasteiger partial charge >= 0.3 is 0 Å². The Morgan fingerprint density at radius 2 is 1.79 bits per heavy atom. The molecular weight excluding hydrogens is 433 g/mol. The summed E-state index contributed by atoms with van der Waals surface area (Å²) < 4.78 is 15.2. The number of hydrogen-bond donors (Lipinski definition) is 1. The summed E-state index contributed by atoms with van der Waals surface area (Å²) in [5, 5.41) is 4.80. The van der Waals surface area contributed by atoms with E-state index in [1.165, 1.54) is 12.1 Å². The van der Waals surface area contributed by atoms with Crippen LogP contribution in [0.1, 0.15) is 11.7 Å². The summed E-state index contributed by atoms with van der Waals surface area (Å²) in [4.78, 5) is 28.5. The first-order chi connectivity index (χ1) is 16.3. The van der Waals surface area contributed by atoms with Crippen molar-refractivity contribution in [1.29, 1.82) is 0 Å². The minimum absolute atomic E-state index is 0.309. The van der Waals surface area contributed by atoms with Gasteiger partial charge in [-0.3, -0.25) is 9.59 Å². The number of benzene rings is 2. The fraction of sp³-hybridized carbons (Fsp3) is 0.192. The Morgan fingerprint density at radius 3 is 2.44 bits per heavy atom. The molecule has 7 nitrogen and oxygen atoms in total. The lowest BCUT2D eigenvalue weighted by Crippen LogP contribution is -2.48. The Morgan fingerprint density at radius 1 is 1.09 bits per heavy atom. The van der Waals surface area contributed by atoms with Crippen LogP contribution in [0.3, 0.4) is 0 Å². The van der Waals surface area contributed by atoms with Crippen LogP contribution < -0.4 is 10.6 Å². The highest BCUT2D eigenvalue weighted by Gasteiger charge is 2.33. The molecule has 4 rings (SSSR count). The van der Waals surface area contributed by atoms with Crippen LogP contribution in [0.15, 0.2) is 85.2 Å². The normalized spacial score (nSPS) is 15.9. The van der Waals surface area contributed by atoms with E-state index >= 15 is 0 Å². The lowest BCUT2D eigenvalue weighted by molar-refractivity contribution is -0.139. The number of aromatic nitrogens is 2. The van der Waals surface area contributed by atoms with Gasteiger partial charge in [-0.1, -0.05) is 36.4 Å². The zero-order chi connectivity index (χ0) is 24.2. The van der Waals surface area contributed by atoms with E-state index in [9.17, 15) is 14.0 Å². The molecule has 0 spiro atoms. The quantitative estimate of drug-likeness (QED) is 0.523. The molecule has 0 saturated heterocycles. The van der Waals surface area contributed by atoms with Crippen LogP contribution in [0, 0.1) is 5.82 Å². The molecule has 8 heteroatoms. The third-order valence-corrected chi connectivity index (χ3v) is 5.72.